The molecule has 0 spiro atoms. The molecule has 0 radical (unpaired) electrons. The third-order valence-electron chi connectivity index (χ3n) is 4.34. The molecule has 0 N–H and O–H groups in total. The molecule has 134 valence electrons. The lowest BCUT2D eigenvalue weighted by Gasteiger charge is -2.05. The van der Waals surface area contributed by atoms with Crippen molar-refractivity contribution in [1.82, 2.24) is 0 Å². The van der Waals surface area contributed by atoms with E-state index in [1.165, 1.54) is 11.1 Å². The number of benzene rings is 2. The second-order valence-electron chi connectivity index (χ2n) is 6.18. The van der Waals surface area contributed by atoms with Crippen LogP contribution in [0.1, 0.15) is 11.1 Å². The third-order valence-corrected chi connectivity index (χ3v) is 4.34. The molecule has 0 atom stereocenters. The highest BCUT2D eigenvalue weighted by molar-refractivity contribution is 5.67. The van der Waals surface area contributed by atoms with E-state index in [1.54, 1.807) is 0 Å². The van der Waals surface area contributed by atoms with Gasteiger partial charge in [0.15, 0.2) is 12.6 Å². The Hall–Kier alpha value is -2.24. The van der Waals surface area contributed by atoms with Gasteiger partial charge in [-0.2, -0.15) is 0 Å². The Labute approximate surface area is 153 Å². The Bertz CT molecular complexity index is 682. The molecule has 2 aliphatic heterocycles. The maximum Gasteiger partial charge on any atom is 0.177 e. The first-order valence-corrected chi connectivity index (χ1v) is 8.90. The molecule has 2 saturated heterocycles. The zero-order valence-corrected chi connectivity index (χ0v) is 14.5. The van der Waals surface area contributed by atoms with Gasteiger partial charge >= 0.3 is 0 Å². The Balaban J connectivity index is 1.38. The number of hydrogen-bond acceptors (Lipinski definition) is 4. The van der Waals surface area contributed by atoms with Crippen molar-refractivity contribution in [2.75, 3.05) is 26.4 Å². The Morgan fingerprint density at radius 3 is 1.23 bits per heavy atom. The largest absolute Gasteiger partial charge is 0.347 e. The highest BCUT2D eigenvalue weighted by atomic mass is 16.7. The molecule has 0 bridgehead atoms. The molecule has 0 aliphatic carbocycles. The minimum Gasteiger partial charge on any atom is -0.347 e. The Morgan fingerprint density at radius 1 is 0.538 bits per heavy atom. The van der Waals surface area contributed by atoms with Gasteiger partial charge in [0.05, 0.1) is 26.4 Å². The number of ether oxygens (including phenoxy) is 4. The summed E-state index contributed by atoms with van der Waals surface area (Å²) in [6, 6.07) is 16.9. The van der Waals surface area contributed by atoms with Crippen LogP contribution in [0, 0.1) is 0 Å². The van der Waals surface area contributed by atoms with Gasteiger partial charge < -0.3 is 18.9 Å². The summed E-state index contributed by atoms with van der Waals surface area (Å²) in [5.74, 6) is 0. The summed E-state index contributed by atoms with van der Waals surface area (Å²) in [7, 11) is 0. The van der Waals surface area contributed by atoms with Gasteiger partial charge in [0.1, 0.15) is 0 Å². The lowest BCUT2D eigenvalue weighted by Crippen LogP contribution is -2.01. The molecule has 0 amide bonds. The fraction of sp³-hybridized carbons (Fsp3) is 0.273. The standard InChI is InChI=1S/C22H22O4/c1-7-19(8-2-17(1)5-11-21-23-13-14-24-21)20-9-3-18(4-10-20)6-12-22-25-15-16-26-22/h1-12,21-22H,13-16H2. The molecule has 26 heavy (non-hydrogen) atoms. The van der Waals surface area contributed by atoms with Crippen molar-refractivity contribution in [3.63, 3.8) is 0 Å². The van der Waals surface area contributed by atoms with Crippen LogP contribution in [-0.2, 0) is 18.9 Å². The molecule has 0 unspecified atom stereocenters. The summed E-state index contributed by atoms with van der Waals surface area (Å²) in [5, 5.41) is 0. The van der Waals surface area contributed by atoms with E-state index in [2.05, 4.69) is 48.5 Å². The minimum absolute atomic E-state index is 0.213. The van der Waals surface area contributed by atoms with Crippen LogP contribution in [0.3, 0.4) is 0 Å². The van der Waals surface area contributed by atoms with Crippen molar-refractivity contribution in [3.8, 4) is 11.1 Å². The first kappa shape index (κ1) is 17.2. The molecular weight excluding hydrogens is 328 g/mol. The summed E-state index contributed by atoms with van der Waals surface area (Å²) in [6.07, 6.45) is 7.52. The predicted octanol–water partition coefficient (Wildman–Crippen LogP) is 4.13. The second kappa shape index (κ2) is 8.43. The SMILES string of the molecule is C(=CC1OCCO1)c1ccc(-c2ccc(C=CC3OCCO3)cc2)cc1. The lowest BCUT2D eigenvalue weighted by molar-refractivity contribution is -0.00116. The van der Waals surface area contributed by atoms with Crippen LogP contribution in [0.2, 0.25) is 0 Å². The summed E-state index contributed by atoms with van der Waals surface area (Å²) in [6.45, 7) is 2.67. The van der Waals surface area contributed by atoms with Crippen molar-refractivity contribution in [3.05, 3.63) is 71.8 Å². The van der Waals surface area contributed by atoms with E-state index in [0.717, 1.165) is 11.1 Å². The smallest absolute Gasteiger partial charge is 0.177 e. The van der Waals surface area contributed by atoms with Crippen molar-refractivity contribution in [2.45, 2.75) is 12.6 Å². The van der Waals surface area contributed by atoms with E-state index < -0.39 is 0 Å². The first-order chi connectivity index (χ1) is 12.9. The molecule has 2 aliphatic rings. The van der Waals surface area contributed by atoms with Crippen LogP contribution in [0.15, 0.2) is 60.7 Å². The van der Waals surface area contributed by atoms with Crippen molar-refractivity contribution >= 4 is 12.2 Å². The highest BCUT2D eigenvalue weighted by Crippen LogP contribution is 2.22. The summed E-state index contributed by atoms with van der Waals surface area (Å²) in [4.78, 5) is 0. The fourth-order valence-corrected chi connectivity index (χ4v) is 2.93. The molecule has 2 aromatic carbocycles. The molecule has 0 aromatic heterocycles. The Morgan fingerprint density at radius 2 is 0.885 bits per heavy atom. The molecule has 4 heteroatoms. The van der Waals surface area contributed by atoms with Gasteiger partial charge in [0.25, 0.3) is 0 Å². The number of rotatable bonds is 5. The summed E-state index contributed by atoms with van der Waals surface area (Å²) in [5.41, 5.74) is 4.63. The Kier molecular flexibility index (Phi) is 5.57. The fourth-order valence-electron chi connectivity index (χ4n) is 2.93. The first-order valence-electron chi connectivity index (χ1n) is 8.90. The number of hydrogen-bond donors (Lipinski definition) is 0. The van der Waals surface area contributed by atoms with Crippen molar-refractivity contribution < 1.29 is 18.9 Å². The minimum atomic E-state index is -0.213. The molecule has 2 fully saturated rings. The molecule has 2 aromatic rings. The predicted molar refractivity (Wildman–Crippen MR) is 101 cm³/mol. The molecule has 4 nitrogen and oxygen atoms in total. The molecule has 4 rings (SSSR count). The van der Waals surface area contributed by atoms with Gasteiger partial charge in [-0.3, -0.25) is 0 Å². The molecule has 0 saturated carbocycles. The quantitative estimate of drug-likeness (QED) is 0.813. The van der Waals surface area contributed by atoms with Gasteiger partial charge in [-0.05, 0) is 34.4 Å². The maximum absolute atomic E-state index is 5.40. The maximum atomic E-state index is 5.40. The lowest BCUT2D eigenvalue weighted by atomic mass is 10.0. The van der Waals surface area contributed by atoms with Crippen molar-refractivity contribution in [1.29, 1.82) is 0 Å². The normalized spacial score (nSPS) is 19.2. The van der Waals surface area contributed by atoms with Crippen LogP contribution in [0.5, 0.6) is 0 Å². The highest BCUT2D eigenvalue weighted by Gasteiger charge is 2.12. The van der Waals surface area contributed by atoms with E-state index in [-0.39, 0.29) is 12.6 Å². The average molecular weight is 350 g/mol. The van der Waals surface area contributed by atoms with Crippen LogP contribution >= 0.6 is 0 Å². The second-order valence-corrected chi connectivity index (χ2v) is 6.18. The zero-order valence-electron chi connectivity index (χ0n) is 14.5. The monoisotopic (exact) mass is 350 g/mol. The summed E-state index contributed by atoms with van der Waals surface area (Å²) < 4.78 is 21.6. The van der Waals surface area contributed by atoms with E-state index in [4.69, 9.17) is 18.9 Å². The van der Waals surface area contributed by atoms with Crippen LogP contribution < -0.4 is 0 Å². The molecule has 2 heterocycles. The van der Waals surface area contributed by atoms with Gasteiger partial charge in [0.2, 0.25) is 0 Å². The van der Waals surface area contributed by atoms with Crippen LogP contribution in [0.25, 0.3) is 23.3 Å². The van der Waals surface area contributed by atoms with Crippen LogP contribution in [0.4, 0.5) is 0 Å². The van der Waals surface area contributed by atoms with E-state index in [0.29, 0.717) is 26.4 Å². The van der Waals surface area contributed by atoms with Gasteiger partial charge in [-0.1, -0.05) is 60.7 Å². The van der Waals surface area contributed by atoms with Gasteiger partial charge in [-0.15, -0.1) is 0 Å². The van der Waals surface area contributed by atoms with Crippen molar-refractivity contribution in [2.24, 2.45) is 0 Å². The summed E-state index contributed by atoms with van der Waals surface area (Å²) >= 11 is 0. The van der Waals surface area contributed by atoms with Crippen LogP contribution in [-0.4, -0.2) is 39.0 Å². The van der Waals surface area contributed by atoms with Gasteiger partial charge in [0, 0.05) is 0 Å². The average Bonchev–Trinajstić information content (AvgIpc) is 3.40. The zero-order chi connectivity index (χ0) is 17.6. The van der Waals surface area contributed by atoms with E-state index >= 15 is 0 Å². The third kappa shape index (κ3) is 4.48. The molecular formula is C22H22O4. The topological polar surface area (TPSA) is 36.9 Å². The van der Waals surface area contributed by atoms with E-state index in [1.807, 2.05) is 24.3 Å². The van der Waals surface area contributed by atoms with Gasteiger partial charge in [-0.25, -0.2) is 0 Å². The van der Waals surface area contributed by atoms with E-state index in [9.17, 15) is 0 Å².